The fourth-order valence-electron chi connectivity index (χ4n) is 1.39. The van der Waals surface area contributed by atoms with Crippen molar-refractivity contribution in [1.82, 2.24) is 0 Å². The molecule has 0 amide bonds. The first-order valence-corrected chi connectivity index (χ1v) is 4.85. The molecule has 7 heteroatoms. The first kappa shape index (κ1) is 13.8. The van der Waals surface area contributed by atoms with Gasteiger partial charge in [-0.15, -0.1) is 0 Å². The Balaban J connectivity index is 3.27. The summed E-state index contributed by atoms with van der Waals surface area (Å²) in [6.07, 6.45) is -4.28. The number of aliphatic carboxylic acids is 1. The number of carboxylic acids is 1. The fourth-order valence-corrected chi connectivity index (χ4v) is 1.55. The van der Waals surface area contributed by atoms with Gasteiger partial charge in [0.1, 0.15) is 11.6 Å². The zero-order valence-corrected chi connectivity index (χ0v) is 9.02. The SMILES string of the molecule is O=C(O)CC(c1c(F)ccc(Cl)c1F)C(F)F. The summed E-state index contributed by atoms with van der Waals surface area (Å²) in [4.78, 5) is 10.4. The van der Waals surface area contributed by atoms with Crippen LogP contribution in [0, 0.1) is 11.6 Å². The van der Waals surface area contributed by atoms with Gasteiger partial charge in [0.2, 0.25) is 6.43 Å². The van der Waals surface area contributed by atoms with Crippen molar-refractivity contribution < 1.29 is 27.5 Å². The second-order valence-electron chi connectivity index (χ2n) is 3.30. The molecule has 0 aromatic heterocycles. The lowest BCUT2D eigenvalue weighted by Crippen LogP contribution is -2.17. The number of benzene rings is 1. The lowest BCUT2D eigenvalue weighted by atomic mass is 9.95. The van der Waals surface area contributed by atoms with Crippen LogP contribution in [-0.4, -0.2) is 17.5 Å². The summed E-state index contributed by atoms with van der Waals surface area (Å²) in [5, 5.41) is 7.90. The Morgan fingerprint density at radius 2 is 1.94 bits per heavy atom. The molecule has 0 saturated carbocycles. The van der Waals surface area contributed by atoms with Crippen molar-refractivity contribution in [3.8, 4) is 0 Å². The van der Waals surface area contributed by atoms with Crippen molar-refractivity contribution in [3.63, 3.8) is 0 Å². The minimum absolute atomic E-state index is 0.530. The van der Waals surface area contributed by atoms with Crippen LogP contribution in [0.5, 0.6) is 0 Å². The molecule has 0 radical (unpaired) electrons. The van der Waals surface area contributed by atoms with Crippen LogP contribution in [0.3, 0.4) is 0 Å². The van der Waals surface area contributed by atoms with Crippen molar-refractivity contribution in [2.45, 2.75) is 18.8 Å². The van der Waals surface area contributed by atoms with Crippen molar-refractivity contribution in [2.24, 2.45) is 0 Å². The Labute approximate surface area is 98.8 Å². The van der Waals surface area contributed by atoms with Gasteiger partial charge < -0.3 is 5.11 Å². The smallest absolute Gasteiger partial charge is 0.304 e. The number of carboxylic acid groups (broad SMARTS) is 1. The molecular weight excluding hydrogens is 264 g/mol. The third-order valence-electron chi connectivity index (χ3n) is 2.15. The summed E-state index contributed by atoms with van der Waals surface area (Å²) >= 11 is 5.34. The van der Waals surface area contributed by atoms with Crippen LogP contribution in [0.1, 0.15) is 17.9 Å². The van der Waals surface area contributed by atoms with E-state index in [1.165, 1.54) is 0 Å². The summed E-state index contributed by atoms with van der Waals surface area (Å²) in [5.74, 6) is -6.23. The average Bonchev–Trinajstić information content (AvgIpc) is 2.22. The third-order valence-corrected chi connectivity index (χ3v) is 2.44. The lowest BCUT2D eigenvalue weighted by molar-refractivity contribution is -0.138. The van der Waals surface area contributed by atoms with Gasteiger partial charge in [-0.05, 0) is 12.1 Å². The molecule has 0 spiro atoms. The van der Waals surface area contributed by atoms with E-state index in [4.69, 9.17) is 16.7 Å². The Hall–Kier alpha value is -1.30. The van der Waals surface area contributed by atoms with Gasteiger partial charge in [-0.25, -0.2) is 17.6 Å². The summed E-state index contributed by atoms with van der Waals surface area (Å²) in [7, 11) is 0. The Morgan fingerprint density at radius 1 is 1.35 bits per heavy atom. The zero-order chi connectivity index (χ0) is 13.2. The Kier molecular flexibility index (Phi) is 4.34. The van der Waals surface area contributed by atoms with Gasteiger partial charge in [0.15, 0.2) is 0 Å². The van der Waals surface area contributed by atoms with Gasteiger partial charge in [0.05, 0.1) is 17.4 Å². The molecule has 1 rings (SSSR count). The minimum Gasteiger partial charge on any atom is -0.481 e. The molecule has 2 nitrogen and oxygen atoms in total. The molecule has 1 N–H and O–H groups in total. The largest absolute Gasteiger partial charge is 0.481 e. The molecule has 0 aliphatic carbocycles. The topological polar surface area (TPSA) is 37.3 Å². The second kappa shape index (κ2) is 5.35. The molecule has 0 aliphatic rings. The first-order chi connectivity index (χ1) is 7.84. The first-order valence-electron chi connectivity index (χ1n) is 4.48. The van der Waals surface area contributed by atoms with Crippen LogP contribution in [0.15, 0.2) is 12.1 Å². The van der Waals surface area contributed by atoms with Crippen LogP contribution < -0.4 is 0 Å². The van der Waals surface area contributed by atoms with Gasteiger partial charge in [-0.1, -0.05) is 11.6 Å². The van der Waals surface area contributed by atoms with E-state index < -0.39 is 47.0 Å². The van der Waals surface area contributed by atoms with Crippen LogP contribution >= 0.6 is 11.6 Å². The standard InChI is InChI=1S/C10H7ClF4O2/c11-5-1-2-6(12)8(9(5)13)4(10(14)15)3-7(16)17/h1-2,4,10H,3H2,(H,16,17). The van der Waals surface area contributed by atoms with Gasteiger partial charge >= 0.3 is 5.97 Å². The van der Waals surface area contributed by atoms with Crippen molar-refractivity contribution in [2.75, 3.05) is 0 Å². The monoisotopic (exact) mass is 270 g/mol. The third kappa shape index (κ3) is 3.09. The van der Waals surface area contributed by atoms with Crippen LogP contribution in [-0.2, 0) is 4.79 Å². The molecule has 17 heavy (non-hydrogen) atoms. The van der Waals surface area contributed by atoms with E-state index in [9.17, 15) is 22.4 Å². The molecule has 0 heterocycles. The van der Waals surface area contributed by atoms with E-state index >= 15 is 0 Å². The number of halogens is 5. The highest BCUT2D eigenvalue weighted by atomic mass is 35.5. The molecule has 0 aliphatic heterocycles. The van der Waals surface area contributed by atoms with E-state index in [1.54, 1.807) is 0 Å². The molecule has 1 unspecified atom stereocenters. The number of carbonyl (C=O) groups is 1. The van der Waals surface area contributed by atoms with Crippen LogP contribution in [0.2, 0.25) is 5.02 Å². The maximum absolute atomic E-state index is 13.4. The Bertz CT molecular complexity index is 437. The maximum Gasteiger partial charge on any atom is 0.304 e. The lowest BCUT2D eigenvalue weighted by Gasteiger charge is -2.16. The summed E-state index contributed by atoms with van der Waals surface area (Å²) in [5.41, 5.74) is -0.991. The fraction of sp³-hybridized carbons (Fsp3) is 0.300. The van der Waals surface area contributed by atoms with E-state index in [0.29, 0.717) is 0 Å². The summed E-state index contributed by atoms with van der Waals surface area (Å²) in [6.45, 7) is 0. The predicted molar refractivity (Wildman–Crippen MR) is 52.4 cm³/mol. The van der Waals surface area contributed by atoms with Gasteiger partial charge in [-0.3, -0.25) is 4.79 Å². The van der Waals surface area contributed by atoms with E-state index in [1.807, 2.05) is 0 Å². The minimum atomic E-state index is -3.20. The molecule has 1 aromatic rings. The highest BCUT2D eigenvalue weighted by Crippen LogP contribution is 2.33. The Morgan fingerprint density at radius 3 is 2.41 bits per heavy atom. The number of rotatable bonds is 4. The van der Waals surface area contributed by atoms with Crippen molar-refractivity contribution >= 4 is 17.6 Å². The molecule has 1 aromatic carbocycles. The van der Waals surface area contributed by atoms with Crippen molar-refractivity contribution in [1.29, 1.82) is 0 Å². The molecule has 0 saturated heterocycles. The van der Waals surface area contributed by atoms with E-state index in [0.717, 1.165) is 12.1 Å². The van der Waals surface area contributed by atoms with Crippen molar-refractivity contribution in [3.05, 3.63) is 34.4 Å². The highest BCUT2D eigenvalue weighted by Gasteiger charge is 2.31. The number of hydrogen-bond donors (Lipinski definition) is 1. The zero-order valence-electron chi connectivity index (χ0n) is 8.26. The number of alkyl halides is 2. The predicted octanol–water partition coefficient (Wildman–Crippen LogP) is 3.44. The average molecular weight is 271 g/mol. The highest BCUT2D eigenvalue weighted by molar-refractivity contribution is 6.30. The van der Waals surface area contributed by atoms with Crippen LogP contribution in [0.25, 0.3) is 0 Å². The second-order valence-corrected chi connectivity index (χ2v) is 3.70. The normalized spacial score (nSPS) is 12.8. The maximum atomic E-state index is 13.4. The molecule has 0 bridgehead atoms. The molecular formula is C10H7ClF4O2. The summed E-state index contributed by atoms with van der Waals surface area (Å²) in [6, 6.07) is 1.59. The number of hydrogen-bond acceptors (Lipinski definition) is 1. The van der Waals surface area contributed by atoms with Gasteiger partial charge in [0, 0.05) is 5.56 Å². The van der Waals surface area contributed by atoms with Gasteiger partial charge in [-0.2, -0.15) is 0 Å². The molecule has 0 fully saturated rings. The quantitative estimate of drug-likeness (QED) is 0.672. The van der Waals surface area contributed by atoms with Crippen LogP contribution in [0.4, 0.5) is 17.6 Å². The van der Waals surface area contributed by atoms with E-state index in [-0.39, 0.29) is 0 Å². The molecule has 94 valence electrons. The van der Waals surface area contributed by atoms with Gasteiger partial charge in [0.25, 0.3) is 0 Å². The summed E-state index contributed by atoms with van der Waals surface area (Å²) < 4.78 is 51.9. The van der Waals surface area contributed by atoms with E-state index in [2.05, 4.69) is 0 Å². The molecule has 1 atom stereocenters.